The average Bonchev–Trinajstić information content (AvgIpc) is 2.96. The Balaban J connectivity index is 1.75. The van der Waals surface area contributed by atoms with E-state index in [-0.39, 0.29) is 0 Å². The van der Waals surface area contributed by atoms with Gasteiger partial charge in [0.05, 0.1) is 17.1 Å². The lowest BCUT2D eigenvalue weighted by Crippen LogP contribution is -2.38. The van der Waals surface area contributed by atoms with Crippen LogP contribution in [0, 0.1) is 0 Å². The van der Waals surface area contributed by atoms with Gasteiger partial charge in [0.25, 0.3) is 0 Å². The Hall–Kier alpha value is -1.39. The maximum absolute atomic E-state index is 6.17. The minimum absolute atomic E-state index is 0.501. The van der Waals surface area contributed by atoms with Gasteiger partial charge >= 0.3 is 0 Å². The van der Waals surface area contributed by atoms with Crippen molar-refractivity contribution in [1.82, 2.24) is 15.1 Å². The Morgan fingerprint density at radius 1 is 1.29 bits per heavy atom. The summed E-state index contributed by atoms with van der Waals surface area (Å²) in [7, 11) is 0. The zero-order chi connectivity index (χ0) is 14.7. The van der Waals surface area contributed by atoms with Crippen LogP contribution in [0.4, 0.5) is 0 Å². The van der Waals surface area contributed by atoms with Crippen LogP contribution in [0.2, 0.25) is 5.02 Å². The summed E-state index contributed by atoms with van der Waals surface area (Å²) in [6, 6.07) is 8.17. The van der Waals surface area contributed by atoms with E-state index in [1.165, 1.54) is 25.7 Å². The largest absolute Gasteiger partial charge is 0.419 e. The van der Waals surface area contributed by atoms with E-state index in [1.54, 1.807) is 0 Å². The van der Waals surface area contributed by atoms with Crippen molar-refractivity contribution in [2.75, 3.05) is 6.54 Å². The summed E-state index contributed by atoms with van der Waals surface area (Å²) in [6.07, 6.45) is 5.01. The second-order valence-electron chi connectivity index (χ2n) is 5.51. The molecule has 1 atom stereocenters. The van der Waals surface area contributed by atoms with Crippen molar-refractivity contribution in [2.45, 2.75) is 45.2 Å². The molecule has 0 bridgehead atoms. The fourth-order valence-electron chi connectivity index (χ4n) is 2.97. The van der Waals surface area contributed by atoms with Crippen LogP contribution in [0.1, 0.15) is 38.5 Å². The lowest BCUT2D eigenvalue weighted by molar-refractivity contribution is 0.124. The minimum atomic E-state index is 0.501. The maximum Gasteiger partial charge on any atom is 0.249 e. The molecule has 112 valence electrons. The van der Waals surface area contributed by atoms with Crippen molar-refractivity contribution in [2.24, 2.45) is 0 Å². The van der Waals surface area contributed by atoms with Gasteiger partial charge in [-0.2, -0.15) is 0 Å². The molecule has 1 fully saturated rings. The fourth-order valence-corrected chi connectivity index (χ4v) is 3.18. The molecule has 0 aliphatic carbocycles. The molecule has 5 heteroatoms. The topological polar surface area (TPSA) is 42.2 Å². The first-order valence-corrected chi connectivity index (χ1v) is 7.97. The molecular weight excluding hydrogens is 286 g/mol. The van der Waals surface area contributed by atoms with Crippen molar-refractivity contribution in [3.63, 3.8) is 0 Å². The average molecular weight is 306 g/mol. The molecule has 2 aromatic rings. The van der Waals surface area contributed by atoms with E-state index >= 15 is 0 Å². The van der Waals surface area contributed by atoms with Gasteiger partial charge in [0.1, 0.15) is 0 Å². The van der Waals surface area contributed by atoms with Gasteiger partial charge in [-0.1, -0.05) is 37.1 Å². The highest BCUT2D eigenvalue weighted by Crippen LogP contribution is 2.27. The first-order valence-electron chi connectivity index (χ1n) is 7.59. The van der Waals surface area contributed by atoms with E-state index < -0.39 is 0 Å². The highest BCUT2D eigenvalue weighted by atomic mass is 35.5. The number of hydrogen-bond acceptors (Lipinski definition) is 4. The molecule has 1 aliphatic heterocycles. The molecule has 0 saturated carbocycles. The normalized spacial score (nSPS) is 19.8. The summed E-state index contributed by atoms with van der Waals surface area (Å²) in [5, 5.41) is 8.95. The summed E-state index contributed by atoms with van der Waals surface area (Å²) >= 11 is 6.17. The van der Waals surface area contributed by atoms with E-state index in [0.29, 0.717) is 22.8 Å². The zero-order valence-electron chi connectivity index (χ0n) is 12.3. The monoisotopic (exact) mass is 305 g/mol. The van der Waals surface area contributed by atoms with Gasteiger partial charge in [-0.3, -0.25) is 4.90 Å². The zero-order valence-corrected chi connectivity index (χ0v) is 13.0. The lowest BCUT2D eigenvalue weighted by Gasteiger charge is -2.33. The third-order valence-electron chi connectivity index (χ3n) is 4.13. The van der Waals surface area contributed by atoms with Crippen LogP contribution in [0.5, 0.6) is 0 Å². The summed E-state index contributed by atoms with van der Waals surface area (Å²) in [5.74, 6) is 1.17. The van der Waals surface area contributed by atoms with Crippen molar-refractivity contribution in [3.8, 4) is 11.5 Å². The first kappa shape index (κ1) is 14.5. The van der Waals surface area contributed by atoms with Crippen LogP contribution < -0.4 is 0 Å². The molecule has 1 aliphatic rings. The Morgan fingerprint density at radius 3 is 2.95 bits per heavy atom. The number of likely N-dealkylation sites (tertiary alicyclic amines) is 1. The van der Waals surface area contributed by atoms with Gasteiger partial charge in [-0.15, -0.1) is 10.2 Å². The van der Waals surface area contributed by atoms with Gasteiger partial charge in [-0.25, -0.2) is 0 Å². The minimum Gasteiger partial charge on any atom is -0.419 e. The Bertz CT molecular complexity index is 599. The molecule has 0 spiro atoms. The number of rotatable bonds is 4. The van der Waals surface area contributed by atoms with Crippen LogP contribution in [-0.4, -0.2) is 27.7 Å². The van der Waals surface area contributed by atoms with Crippen molar-refractivity contribution in [1.29, 1.82) is 0 Å². The van der Waals surface area contributed by atoms with Crippen molar-refractivity contribution < 1.29 is 4.42 Å². The van der Waals surface area contributed by atoms with E-state index in [0.717, 1.165) is 18.7 Å². The predicted molar refractivity (Wildman–Crippen MR) is 83.1 cm³/mol. The van der Waals surface area contributed by atoms with Crippen LogP contribution in [0.25, 0.3) is 11.5 Å². The van der Waals surface area contributed by atoms with E-state index in [9.17, 15) is 0 Å². The lowest BCUT2D eigenvalue weighted by atomic mass is 10.0. The SMILES string of the molecule is CCC1CCCCN1Cc1nnc(-c2ccccc2Cl)o1. The quantitative estimate of drug-likeness (QED) is 0.851. The van der Waals surface area contributed by atoms with Gasteiger partial charge in [0.15, 0.2) is 0 Å². The number of nitrogens with zero attached hydrogens (tertiary/aromatic N) is 3. The van der Waals surface area contributed by atoms with Gasteiger partial charge in [0, 0.05) is 6.04 Å². The Labute approximate surface area is 130 Å². The molecular formula is C16H20ClN3O. The third kappa shape index (κ3) is 3.27. The molecule has 1 aromatic heterocycles. The Morgan fingerprint density at radius 2 is 2.14 bits per heavy atom. The molecule has 0 radical (unpaired) electrons. The summed E-state index contributed by atoms with van der Waals surface area (Å²) in [5.41, 5.74) is 0.795. The first-order chi connectivity index (χ1) is 10.3. The highest BCUT2D eigenvalue weighted by Gasteiger charge is 2.23. The molecule has 3 rings (SSSR count). The second kappa shape index (κ2) is 6.58. The molecule has 21 heavy (non-hydrogen) atoms. The highest BCUT2D eigenvalue weighted by molar-refractivity contribution is 6.33. The van der Waals surface area contributed by atoms with Gasteiger partial charge in [0.2, 0.25) is 11.8 Å². The summed E-state index contributed by atoms with van der Waals surface area (Å²) < 4.78 is 5.80. The standard InChI is InChI=1S/C16H20ClN3O/c1-2-12-7-5-6-10-20(12)11-15-18-19-16(21-15)13-8-3-4-9-14(13)17/h3-4,8-9,12H,2,5-7,10-11H2,1H3. The van der Waals surface area contributed by atoms with Crippen molar-refractivity contribution in [3.05, 3.63) is 35.2 Å². The third-order valence-corrected chi connectivity index (χ3v) is 4.46. The van der Waals surface area contributed by atoms with Crippen LogP contribution in [0.3, 0.4) is 0 Å². The molecule has 1 saturated heterocycles. The van der Waals surface area contributed by atoms with Crippen LogP contribution in [0.15, 0.2) is 28.7 Å². The summed E-state index contributed by atoms with van der Waals surface area (Å²) in [4.78, 5) is 2.45. The number of benzene rings is 1. The molecule has 0 N–H and O–H groups in total. The van der Waals surface area contributed by atoms with E-state index in [4.69, 9.17) is 16.0 Å². The molecule has 0 amide bonds. The number of aromatic nitrogens is 2. The molecule has 1 aromatic carbocycles. The Kier molecular flexibility index (Phi) is 4.56. The second-order valence-corrected chi connectivity index (χ2v) is 5.92. The van der Waals surface area contributed by atoms with E-state index in [2.05, 4.69) is 22.0 Å². The maximum atomic E-state index is 6.17. The number of hydrogen-bond donors (Lipinski definition) is 0. The summed E-state index contributed by atoms with van der Waals surface area (Å²) in [6.45, 7) is 4.09. The number of piperidine rings is 1. The van der Waals surface area contributed by atoms with Crippen LogP contribution in [-0.2, 0) is 6.54 Å². The number of halogens is 1. The molecule has 4 nitrogen and oxygen atoms in total. The predicted octanol–water partition coefficient (Wildman–Crippen LogP) is 4.15. The van der Waals surface area contributed by atoms with Gasteiger partial charge in [-0.05, 0) is 37.9 Å². The molecule has 1 unspecified atom stereocenters. The van der Waals surface area contributed by atoms with Crippen molar-refractivity contribution >= 4 is 11.6 Å². The van der Waals surface area contributed by atoms with E-state index in [1.807, 2.05) is 24.3 Å². The smallest absolute Gasteiger partial charge is 0.249 e. The van der Waals surface area contributed by atoms with Gasteiger partial charge < -0.3 is 4.42 Å². The van der Waals surface area contributed by atoms with Crippen LogP contribution >= 0.6 is 11.6 Å². The molecule has 2 heterocycles. The fraction of sp³-hybridized carbons (Fsp3) is 0.500.